The highest BCUT2D eigenvalue weighted by atomic mass is 32.2. The second-order valence-electron chi connectivity index (χ2n) is 6.69. The molecule has 10 heteroatoms. The summed E-state index contributed by atoms with van der Waals surface area (Å²) in [6.45, 7) is 0. The number of anilines is 1. The van der Waals surface area contributed by atoms with Crippen LogP contribution in [0.15, 0.2) is 64.9 Å². The van der Waals surface area contributed by atoms with E-state index in [0.717, 1.165) is 9.71 Å². The predicted molar refractivity (Wildman–Crippen MR) is 107 cm³/mol. The van der Waals surface area contributed by atoms with Crippen LogP contribution < -0.4 is 4.90 Å². The third-order valence-corrected chi connectivity index (χ3v) is 7.65. The van der Waals surface area contributed by atoms with Gasteiger partial charge in [0.15, 0.2) is 9.84 Å². The minimum atomic E-state index is -3.65. The van der Waals surface area contributed by atoms with Gasteiger partial charge in [-0.1, -0.05) is 0 Å². The smallest absolute Gasteiger partial charge is 0.258 e. The molecule has 1 atom stereocenters. The van der Waals surface area contributed by atoms with E-state index in [1.807, 2.05) is 0 Å². The zero-order valence-corrected chi connectivity index (χ0v) is 17.3. The fourth-order valence-electron chi connectivity index (χ4n) is 2.90. The number of amides is 1. The zero-order valence-electron chi connectivity index (χ0n) is 15.7. The maximum atomic E-state index is 13.3. The molecule has 154 valence electrons. The Morgan fingerprint density at radius 2 is 1.62 bits per heavy atom. The van der Waals surface area contributed by atoms with Crippen LogP contribution in [-0.4, -0.2) is 52.9 Å². The van der Waals surface area contributed by atoms with Crippen molar-refractivity contribution in [3.8, 4) is 0 Å². The Morgan fingerprint density at radius 3 is 2.10 bits per heavy atom. The molecule has 1 aliphatic rings. The molecule has 7 nitrogen and oxygen atoms in total. The van der Waals surface area contributed by atoms with Crippen molar-refractivity contribution in [3.05, 3.63) is 71.4 Å². The molecule has 3 rings (SSSR count). The van der Waals surface area contributed by atoms with E-state index in [9.17, 15) is 26.0 Å². The highest BCUT2D eigenvalue weighted by Gasteiger charge is 2.32. The molecule has 29 heavy (non-hydrogen) atoms. The number of carbonyl (C=O) groups excluding carboxylic acids is 1. The van der Waals surface area contributed by atoms with Crippen molar-refractivity contribution >= 4 is 31.5 Å². The molecule has 1 aliphatic heterocycles. The van der Waals surface area contributed by atoms with Crippen LogP contribution in [0.5, 0.6) is 0 Å². The van der Waals surface area contributed by atoms with Gasteiger partial charge in [-0.2, -0.15) is 0 Å². The lowest BCUT2D eigenvalue weighted by molar-refractivity contribution is 0.0983. The molecule has 1 heterocycles. The number of carbonyl (C=O) groups is 1. The van der Waals surface area contributed by atoms with Gasteiger partial charge in [0.1, 0.15) is 5.82 Å². The maximum Gasteiger partial charge on any atom is 0.258 e. The van der Waals surface area contributed by atoms with Gasteiger partial charge in [0.25, 0.3) is 5.91 Å². The number of rotatable bonds is 5. The van der Waals surface area contributed by atoms with Gasteiger partial charge in [0, 0.05) is 30.8 Å². The first kappa shape index (κ1) is 21.2. The van der Waals surface area contributed by atoms with Crippen LogP contribution in [0.2, 0.25) is 0 Å². The second-order valence-corrected chi connectivity index (χ2v) is 10.8. The lowest BCUT2D eigenvalue weighted by Gasteiger charge is -2.28. The van der Waals surface area contributed by atoms with Gasteiger partial charge >= 0.3 is 0 Å². The Bertz CT molecular complexity index is 1160. The van der Waals surface area contributed by atoms with Gasteiger partial charge in [-0.3, -0.25) is 4.79 Å². The van der Waals surface area contributed by atoms with Crippen molar-refractivity contribution in [1.82, 2.24) is 4.31 Å². The Balaban J connectivity index is 1.99. The summed E-state index contributed by atoms with van der Waals surface area (Å²) in [6, 6.07) is 9.71. The number of sulfone groups is 1. The van der Waals surface area contributed by atoms with Gasteiger partial charge in [-0.15, -0.1) is 0 Å². The molecule has 0 aromatic heterocycles. The highest BCUT2D eigenvalue weighted by molar-refractivity contribution is 7.94. The van der Waals surface area contributed by atoms with Gasteiger partial charge in [-0.25, -0.2) is 25.5 Å². The summed E-state index contributed by atoms with van der Waals surface area (Å²) in [5.74, 6) is -1.31. The van der Waals surface area contributed by atoms with E-state index in [-0.39, 0.29) is 16.2 Å². The summed E-state index contributed by atoms with van der Waals surface area (Å²) < 4.78 is 62.5. The van der Waals surface area contributed by atoms with Crippen molar-refractivity contribution in [2.24, 2.45) is 0 Å². The Labute approximate surface area is 169 Å². The number of sulfonamides is 1. The maximum absolute atomic E-state index is 13.3. The largest absolute Gasteiger partial charge is 0.300 e. The van der Waals surface area contributed by atoms with Gasteiger partial charge < -0.3 is 4.90 Å². The fourth-order valence-corrected chi connectivity index (χ4v) is 5.07. The zero-order chi connectivity index (χ0) is 21.4. The number of benzene rings is 2. The second kappa shape index (κ2) is 7.69. The van der Waals surface area contributed by atoms with Gasteiger partial charge in [0.2, 0.25) is 10.0 Å². The van der Waals surface area contributed by atoms with E-state index in [1.54, 1.807) is 0 Å². The van der Waals surface area contributed by atoms with Crippen molar-refractivity contribution in [2.75, 3.05) is 24.7 Å². The molecule has 1 amide bonds. The van der Waals surface area contributed by atoms with Crippen LogP contribution in [0.3, 0.4) is 0 Å². The summed E-state index contributed by atoms with van der Waals surface area (Å²) in [6.07, 6.45) is 1.40. The molecule has 0 bridgehead atoms. The van der Waals surface area contributed by atoms with Crippen LogP contribution in [0, 0.1) is 5.82 Å². The lowest BCUT2D eigenvalue weighted by Crippen LogP contribution is -2.41. The molecule has 0 saturated carbocycles. The van der Waals surface area contributed by atoms with Crippen LogP contribution in [0.1, 0.15) is 10.4 Å². The monoisotopic (exact) mass is 438 g/mol. The van der Waals surface area contributed by atoms with Crippen LogP contribution in [0.25, 0.3) is 0 Å². The van der Waals surface area contributed by atoms with E-state index in [2.05, 4.69) is 0 Å². The Kier molecular flexibility index (Phi) is 5.61. The predicted octanol–water partition coefficient (Wildman–Crippen LogP) is 2.03. The van der Waals surface area contributed by atoms with Crippen molar-refractivity contribution in [2.45, 2.75) is 10.9 Å². The summed E-state index contributed by atoms with van der Waals surface area (Å²) in [5, 5.41) is 1.05. The minimum Gasteiger partial charge on any atom is -0.300 e. The van der Waals surface area contributed by atoms with Crippen molar-refractivity contribution in [3.63, 3.8) is 0 Å². The summed E-state index contributed by atoms with van der Waals surface area (Å²) in [5.41, 5.74) is 0.498. The SMILES string of the molecule is CN(C)S(=O)(=O)c1ccc(C(=O)N(c2ccc(F)cc2)[C@H]2C=CS(=O)(=O)C2)cc1. The quantitative estimate of drug-likeness (QED) is 0.712. The summed E-state index contributed by atoms with van der Waals surface area (Å²) in [7, 11) is -4.29. The average Bonchev–Trinajstić information content (AvgIpc) is 3.02. The normalized spacial score (nSPS) is 18.1. The van der Waals surface area contributed by atoms with E-state index in [4.69, 9.17) is 0 Å². The third-order valence-electron chi connectivity index (χ3n) is 4.45. The van der Waals surface area contributed by atoms with E-state index in [1.165, 1.54) is 73.6 Å². The minimum absolute atomic E-state index is 0.0238. The molecule has 0 N–H and O–H groups in total. The average molecular weight is 439 g/mol. The molecule has 2 aromatic carbocycles. The molecule has 0 spiro atoms. The summed E-state index contributed by atoms with van der Waals surface area (Å²) in [4.78, 5) is 14.5. The van der Waals surface area contributed by atoms with Crippen LogP contribution in [-0.2, 0) is 19.9 Å². The molecule has 0 fully saturated rings. The molecular formula is C19H19FN2O5S2. The first-order valence-electron chi connectivity index (χ1n) is 8.54. The lowest BCUT2D eigenvalue weighted by atomic mass is 10.1. The van der Waals surface area contributed by atoms with E-state index in [0.29, 0.717) is 5.69 Å². The Hall–Kier alpha value is -2.56. The molecule has 2 aromatic rings. The van der Waals surface area contributed by atoms with E-state index >= 15 is 0 Å². The van der Waals surface area contributed by atoms with Crippen molar-refractivity contribution in [1.29, 1.82) is 0 Å². The van der Waals surface area contributed by atoms with Crippen molar-refractivity contribution < 1.29 is 26.0 Å². The first-order valence-corrected chi connectivity index (χ1v) is 11.7. The standard InChI is InChI=1S/C19H19FN2O5S2/c1-21(2)29(26,27)18-9-3-14(4-10-18)19(23)22(16-7-5-15(20)6-8-16)17-11-12-28(24,25)13-17/h3-12,17H,13H2,1-2H3/t17-/m0/s1. The first-order chi connectivity index (χ1) is 13.5. The van der Waals surface area contributed by atoms with Gasteiger partial charge in [0.05, 0.1) is 16.7 Å². The topological polar surface area (TPSA) is 91.8 Å². The molecular weight excluding hydrogens is 419 g/mol. The number of nitrogens with zero attached hydrogens (tertiary/aromatic N) is 2. The van der Waals surface area contributed by atoms with E-state index < -0.39 is 37.6 Å². The third kappa shape index (κ3) is 4.39. The molecule has 0 radical (unpaired) electrons. The summed E-state index contributed by atoms with van der Waals surface area (Å²) >= 11 is 0. The van der Waals surface area contributed by atoms with Gasteiger partial charge in [-0.05, 0) is 54.6 Å². The number of hydrogen-bond acceptors (Lipinski definition) is 5. The Morgan fingerprint density at radius 1 is 1.03 bits per heavy atom. The van der Waals surface area contributed by atoms with Crippen LogP contribution >= 0.6 is 0 Å². The highest BCUT2D eigenvalue weighted by Crippen LogP contribution is 2.26. The number of halogens is 1. The number of hydrogen-bond donors (Lipinski definition) is 0. The van der Waals surface area contributed by atoms with Crippen LogP contribution in [0.4, 0.5) is 10.1 Å². The molecule has 0 saturated heterocycles. The fraction of sp³-hybridized carbons (Fsp3) is 0.211. The molecule has 0 aliphatic carbocycles. The molecule has 0 unspecified atom stereocenters.